The Morgan fingerprint density at radius 1 is 1.23 bits per heavy atom. The zero-order chi connectivity index (χ0) is 9.10. The number of morpholine rings is 1. The third-order valence-corrected chi connectivity index (χ3v) is 2.79. The average molecular weight is 182 g/mol. The minimum Gasteiger partial charge on any atom is -0.372 e. The van der Waals surface area contributed by atoms with Crippen molar-refractivity contribution >= 4 is 0 Å². The van der Waals surface area contributed by atoms with Gasteiger partial charge in [-0.2, -0.15) is 0 Å². The predicted octanol–water partition coefficient (Wildman–Crippen LogP) is 0.365. The molecule has 0 radical (unpaired) electrons. The molecule has 2 aliphatic rings. The van der Waals surface area contributed by atoms with Gasteiger partial charge in [0, 0.05) is 26.2 Å². The Balaban J connectivity index is 1.78. The van der Waals surface area contributed by atoms with Crippen LogP contribution in [0.1, 0.15) is 12.8 Å². The summed E-state index contributed by atoms with van der Waals surface area (Å²) in [5, 5.41) is 0. The molecule has 0 aromatic carbocycles. The zero-order valence-corrected chi connectivity index (χ0v) is 7.98. The van der Waals surface area contributed by atoms with E-state index in [0.717, 1.165) is 19.6 Å². The number of hydrogen-bond donors (Lipinski definition) is 1. The standard InChI is InChI=1S/C10H18N2O/c11-5-1-2-6-12-7-9-3-4-10(8-12)13-9/h1-2,9-10H,3-8,11H2/b2-1+. The minimum atomic E-state index is 0.505. The van der Waals surface area contributed by atoms with Gasteiger partial charge in [0.25, 0.3) is 0 Å². The number of likely N-dealkylation sites (tertiary alicyclic amines) is 1. The molecule has 0 aliphatic carbocycles. The second-order valence-electron chi connectivity index (χ2n) is 3.88. The van der Waals surface area contributed by atoms with Gasteiger partial charge in [-0.05, 0) is 12.8 Å². The molecular formula is C10H18N2O. The summed E-state index contributed by atoms with van der Waals surface area (Å²) in [7, 11) is 0. The van der Waals surface area contributed by atoms with Gasteiger partial charge in [-0.25, -0.2) is 0 Å². The monoisotopic (exact) mass is 182 g/mol. The van der Waals surface area contributed by atoms with E-state index in [0.29, 0.717) is 18.8 Å². The fraction of sp³-hybridized carbons (Fsp3) is 0.800. The first-order valence-electron chi connectivity index (χ1n) is 5.11. The highest BCUT2D eigenvalue weighted by Crippen LogP contribution is 2.25. The van der Waals surface area contributed by atoms with E-state index in [9.17, 15) is 0 Å². The first-order chi connectivity index (χ1) is 6.38. The van der Waals surface area contributed by atoms with Crippen LogP contribution in [0.25, 0.3) is 0 Å². The molecule has 0 aromatic heterocycles. The third kappa shape index (κ3) is 2.30. The lowest BCUT2D eigenvalue weighted by molar-refractivity contribution is -0.0343. The SMILES string of the molecule is NC/C=C/CN1CC2CCC(C1)O2. The van der Waals surface area contributed by atoms with Crippen molar-refractivity contribution in [3.8, 4) is 0 Å². The lowest BCUT2D eigenvalue weighted by atomic mass is 10.2. The lowest BCUT2D eigenvalue weighted by Crippen LogP contribution is -2.42. The Kier molecular flexibility index (Phi) is 2.98. The number of nitrogens with zero attached hydrogens (tertiary/aromatic N) is 1. The number of rotatable bonds is 3. The number of ether oxygens (including phenoxy) is 1. The van der Waals surface area contributed by atoms with Crippen LogP contribution >= 0.6 is 0 Å². The van der Waals surface area contributed by atoms with Crippen LogP contribution < -0.4 is 5.73 Å². The van der Waals surface area contributed by atoms with Crippen molar-refractivity contribution < 1.29 is 4.74 Å². The molecule has 2 unspecified atom stereocenters. The van der Waals surface area contributed by atoms with E-state index in [-0.39, 0.29) is 0 Å². The van der Waals surface area contributed by atoms with Crippen molar-refractivity contribution in [1.82, 2.24) is 4.90 Å². The van der Waals surface area contributed by atoms with E-state index in [1.54, 1.807) is 0 Å². The molecule has 2 heterocycles. The molecule has 2 aliphatic heterocycles. The average Bonchev–Trinajstić information content (AvgIpc) is 2.46. The molecule has 13 heavy (non-hydrogen) atoms. The normalized spacial score (nSPS) is 34.5. The van der Waals surface area contributed by atoms with Crippen LogP contribution in [0.5, 0.6) is 0 Å². The first-order valence-corrected chi connectivity index (χ1v) is 5.11. The van der Waals surface area contributed by atoms with Gasteiger partial charge in [0.15, 0.2) is 0 Å². The fourth-order valence-corrected chi connectivity index (χ4v) is 2.17. The third-order valence-electron chi connectivity index (χ3n) is 2.79. The van der Waals surface area contributed by atoms with Gasteiger partial charge in [0.05, 0.1) is 12.2 Å². The van der Waals surface area contributed by atoms with E-state index in [1.807, 2.05) is 6.08 Å². The van der Waals surface area contributed by atoms with Gasteiger partial charge in [0.1, 0.15) is 0 Å². The van der Waals surface area contributed by atoms with E-state index < -0.39 is 0 Å². The summed E-state index contributed by atoms with van der Waals surface area (Å²) in [6.45, 7) is 3.89. The van der Waals surface area contributed by atoms with Crippen LogP contribution in [0.4, 0.5) is 0 Å². The number of fused-ring (bicyclic) bond motifs is 2. The van der Waals surface area contributed by atoms with Crippen LogP contribution in [0, 0.1) is 0 Å². The summed E-state index contributed by atoms with van der Waals surface area (Å²) in [5.41, 5.74) is 5.38. The quantitative estimate of drug-likeness (QED) is 0.641. The highest BCUT2D eigenvalue weighted by atomic mass is 16.5. The molecule has 3 nitrogen and oxygen atoms in total. The molecule has 2 rings (SSSR count). The molecule has 0 spiro atoms. The van der Waals surface area contributed by atoms with Crippen molar-refractivity contribution in [3.05, 3.63) is 12.2 Å². The van der Waals surface area contributed by atoms with E-state index in [2.05, 4.69) is 11.0 Å². The van der Waals surface area contributed by atoms with Crippen molar-refractivity contribution in [3.63, 3.8) is 0 Å². The summed E-state index contributed by atoms with van der Waals surface area (Å²) in [6.07, 6.45) is 7.70. The van der Waals surface area contributed by atoms with Crippen molar-refractivity contribution in [2.75, 3.05) is 26.2 Å². The first kappa shape index (κ1) is 9.19. The number of nitrogens with two attached hydrogens (primary N) is 1. The highest BCUT2D eigenvalue weighted by molar-refractivity contribution is 4.91. The molecule has 2 fully saturated rings. The van der Waals surface area contributed by atoms with Gasteiger partial charge in [-0.1, -0.05) is 12.2 Å². The van der Waals surface area contributed by atoms with Crippen LogP contribution in [0.15, 0.2) is 12.2 Å². The molecule has 2 bridgehead atoms. The minimum absolute atomic E-state index is 0.505. The maximum atomic E-state index is 5.74. The Morgan fingerprint density at radius 2 is 1.92 bits per heavy atom. The molecule has 2 atom stereocenters. The van der Waals surface area contributed by atoms with Gasteiger partial charge in [-0.15, -0.1) is 0 Å². The van der Waals surface area contributed by atoms with Gasteiger partial charge < -0.3 is 10.5 Å². The topological polar surface area (TPSA) is 38.5 Å². The van der Waals surface area contributed by atoms with Gasteiger partial charge in [-0.3, -0.25) is 4.90 Å². The summed E-state index contributed by atoms with van der Waals surface area (Å²) < 4.78 is 5.74. The molecule has 2 saturated heterocycles. The molecule has 3 heteroatoms. The van der Waals surface area contributed by atoms with Gasteiger partial charge >= 0.3 is 0 Å². The second-order valence-corrected chi connectivity index (χ2v) is 3.88. The van der Waals surface area contributed by atoms with Crippen molar-refractivity contribution in [2.24, 2.45) is 5.73 Å². The summed E-state index contributed by atoms with van der Waals surface area (Å²) >= 11 is 0. The summed E-state index contributed by atoms with van der Waals surface area (Å²) in [4.78, 5) is 2.46. The zero-order valence-electron chi connectivity index (χ0n) is 7.98. The van der Waals surface area contributed by atoms with E-state index in [4.69, 9.17) is 10.5 Å². The molecule has 0 saturated carbocycles. The number of hydrogen-bond acceptors (Lipinski definition) is 3. The molecular weight excluding hydrogens is 164 g/mol. The van der Waals surface area contributed by atoms with E-state index >= 15 is 0 Å². The maximum Gasteiger partial charge on any atom is 0.0707 e. The smallest absolute Gasteiger partial charge is 0.0707 e. The Bertz CT molecular complexity index is 181. The maximum absolute atomic E-state index is 5.74. The largest absolute Gasteiger partial charge is 0.372 e. The Hall–Kier alpha value is -0.380. The Morgan fingerprint density at radius 3 is 2.54 bits per heavy atom. The summed E-state index contributed by atoms with van der Waals surface area (Å²) in [5.74, 6) is 0. The lowest BCUT2D eigenvalue weighted by Gasteiger charge is -2.31. The highest BCUT2D eigenvalue weighted by Gasteiger charge is 2.32. The van der Waals surface area contributed by atoms with Crippen LogP contribution in [0.3, 0.4) is 0 Å². The Labute approximate surface area is 79.5 Å². The molecule has 0 aromatic rings. The summed E-state index contributed by atoms with van der Waals surface area (Å²) in [6, 6.07) is 0. The van der Waals surface area contributed by atoms with Gasteiger partial charge in [0.2, 0.25) is 0 Å². The van der Waals surface area contributed by atoms with Crippen LogP contribution in [-0.4, -0.2) is 43.3 Å². The molecule has 2 N–H and O–H groups in total. The van der Waals surface area contributed by atoms with Crippen molar-refractivity contribution in [1.29, 1.82) is 0 Å². The van der Waals surface area contributed by atoms with Crippen LogP contribution in [0.2, 0.25) is 0 Å². The van der Waals surface area contributed by atoms with E-state index in [1.165, 1.54) is 12.8 Å². The predicted molar refractivity (Wildman–Crippen MR) is 52.5 cm³/mol. The fourth-order valence-electron chi connectivity index (χ4n) is 2.17. The van der Waals surface area contributed by atoms with Crippen LogP contribution in [-0.2, 0) is 4.74 Å². The second kappa shape index (κ2) is 4.22. The molecule has 74 valence electrons. The molecule has 0 amide bonds. The van der Waals surface area contributed by atoms with Crippen molar-refractivity contribution in [2.45, 2.75) is 25.0 Å².